The Balaban J connectivity index is 1.14. The summed E-state index contributed by atoms with van der Waals surface area (Å²) in [7, 11) is 0. The summed E-state index contributed by atoms with van der Waals surface area (Å²) >= 11 is 3.45. The highest BCUT2D eigenvalue weighted by molar-refractivity contribution is 7.19. The van der Waals surface area contributed by atoms with Crippen molar-refractivity contribution in [2.75, 3.05) is 4.90 Å². The zero-order valence-corrected chi connectivity index (χ0v) is 27.2. The van der Waals surface area contributed by atoms with Crippen molar-refractivity contribution in [2.24, 2.45) is 0 Å². The molecule has 1 aliphatic carbocycles. The third kappa shape index (κ3) is 5.97. The van der Waals surface area contributed by atoms with Crippen molar-refractivity contribution in [3.05, 3.63) is 161 Å². The van der Waals surface area contributed by atoms with Gasteiger partial charge in [0.25, 0.3) is 0 Å². The van der Waals surface area contributed by atoms with E-state index < -0.39 is 0 Å². The third-order valence-electron chi connectivity index (χ3n) is 8.25. The molecule has 0 bridgehead atoms. The molecule has 8 rings (SSSR count). The van der Waals surface area contributed by atoms with Crippen LogP contribution < -0.4 is 4.90 Å². The lowest BCUT2D eigenvalue weighted by atomic mass is 10.1. The molecule has 6 heteroatoms. The zero-order chi connectivity index (χ0) is 31.6. The molecule has 0 N–H and O–H groups in total. The fourth-order valence-electron chi connectivity index (χ4n) is 5.85. The highest BCUT2D eigenvalue weighted by Crippen LogP contribution is 2.36. The monoisotopic (exact) mass is 642 g/mol. The van der Waals surface area contributed by atoms with Gasteiger partial charge in [0.2, 0.25) is 0 Å². The first-order valence-corrected chi connectivity index (χ1v) is 17.2. The minimum absolute atomic E-state index is 0.946. The third-order valence-corrected chi connectivity index (χ3v) is 10.4. The van der Waals surface area contributed by atoms with Gasteiger partial charge >= 0.3 is 0 Å². The average molecular weight is 643 g/mol. The van der Waals surface area contributed by atoms with Gasteiger partial charge in [-0.25, -0.2) is 9.97 Å². The minimum atomic E-state index is 0.946. The van der Waals surface area contributed by atoms with Crippen LogP contribution in [0.3, 0.4) is 0 Å². The van der Waals surface area contributed by atoms with Crippen LogP contribution in [0.2, 0.25) is 0 Å². The van der Waals surface area contributed by atoms with Gasteiger partial charge in [0.1, 0.15) is 10.0 Å². The number of thiazole rings is 2. The van der Waals surface area contributed by atoms with Gasteiger partial charge in [0.05, 0.1) is 26.5 Å². The average Bonchev–Trinajstić information content (AvgIpc) is 3.76. The Morgan fingerprint density at radius 1 is 0.787 bits per heavy atom. The lowest BCUT2D eigenvalue weighted by molar-refractivity contribution is 0.947. The second-order valence-electron chi connectivity index (χ2n) is 11.3. The summed E-state index contributed by atoms with van der Waals surface area (Å²) in [5.41, 5.74) is 8.37. The summed E-state index contributed by atoms with van der Waals surface area (Å²) in [6.07, 6.45) is 16.6. The molecule has 47 heavy (non-hydrogen) atoms. The second-order valence-corrected chi connectivity index (χ2v) is 13.4. The number of rotatable bonds is 8. The molecule has 0 aliphatic heterocycles. The standard InChI is InChI=1S/C41H30N4S2/c1-2-32(12-9-17-40-43-35-13-5-7-15-38(35)46-40)45(34-24-20-29(21-25-34)41-44-36-14-6-8-16-39(36)47-41)33-22-18-28(19-23-33)37-26-30-10-3-4-11-31(30)27-42-37/h2-5,7-13,15-27H,1,6,14H2/b17-9+,32-12+. The van der Waals surface area contributed by atoms with Gasteiger partial charge in [0.15, 0.2) is 0 Å². The molecule has 0 spiro atoms. The maximum Gasteiger partial charge on any atom is 0.124 e. The first-order chi connectivity index (χ1) is 23.2. The number of aromatic nitrogens is 3. The van der Waals surface area contributed by atoms with Gasteiger partial charge in [-0.05, 0) is 97.1 Å². The SMILES string of the molecule is C=C/C(=C\C=C\c1nc2ccccc2s1)N(c1ccc(-c2cc3ccccc3cn2)cc1)c1ccc(-c2nc3c(s2)C=CCC3)cc1. The molecule has 0 atom stereocenters. The summed E-state index contributed by atoms with van der Waals surface area (Å²) in [6, 6.07) is 35.9. The first kappa shape index (κ1) is 29.0. The molecule has 0 unspecified atom stereocenters. The second kappa shape index (κ2) is 12.8. The van der Waals surface area contributed by atoms with E-state index in [1.807, 2.05) is 36.5 Å². The number of allylic oxidation sites excluding steroid dienone is 4. The summed E-state index contributed by atoms with van der Waals surface area (Å²) in [5.74, 6) is 0. The van der Waals surface area contributed by atoms with E-state index >= 15 is 0 Å². The van der Waals surface area contributed by atoms with Gasteiger partial charge in [-0.1, -0.05) is 67.3 Å². The molecule has 7 aromatic rings. The Kier molecular flexibility index (Phi) is 7.87. The quantitative estimate of drug-likeness (QED) is 0.155. The molecule has 0 fully saturated rings. The van der Waals surface area contributed by atoms with E-state index in [1.54, 1.807) is 22.7 Å². The Hall–Kier alpha value is -5.43. The topological polar surface area (TPSA) is 41.9 Å². The number of hydrogen-bond donors (Lipinski definition) is 0. The van der Waals surface area contributed by atoms with Crippen molar-refractivity contribution < 1.29 is 0 Å². The van der Waals surface area contributed by atoms with Crippen LogP contribution in [0.5, 0.6) is 0 Å². The number of nitrogens with zero attached hydrogens (tertiary/aromatic N) is 4. The largest absolute Gasteiger partial charge is 0.311 e. The summed E-state index contributed by atoms with van der Waals surface area (Å²) in [5, 5.41) is 4.34. The van der Waals surface area contributed by atoms with Gasteiger partial charge < -0.3 is 4.90 Å². The number of pyridine rings is 1. The highest BCUT2D eigenvalue weighted by atomic mass is 32.1. The van der Waals surface area contributed by atoms with E-state index in [4.69, 9.17) is 15.0 Å². The zero-order valence-electron chi connectivity index (χ0n) is 25.6. The van der Waals surface area contributed by atoms with E-state index in [0.29, 0.717) is 0 Å². The number of benzene rings is 4. The van der Waals surface area contributed by atoms with Crippen molar-refractivity contribution in [3.63, 3.8) is 0 Å². The van der Waals surface area contributed by atoms with Crippen molar-refractivity contribution >= 4 is 67.2 Å². The Labute approximate surface area is 282 Å². The van der Waals surface area contributed by atoms with Gasteiger partial charge in [-0.15, -0.1) is 22.7 Å². The molecule has 1 aliphatic rings. The normalized spacial score (nSPS) is 13.0. The molecule has 0 saturated heterocycles. The first-order valence-electron chi connectivity index (χ1n) is 15.6. The van der Waals surface area contributed by atoms with E-state index in [0.717, 1.165) is 67.7 Å². The van der Waals surface area contributed by atoms with Crippen molar-refractivity contribution in [1.82, 2.24) is 15.0 Å². The summed E-state index contributed by atoms with van der Waals surface area (Å²) < 4.78 is 1.18. The van der Waals surface area contributed by atoms with Gasteiger partial charge in [-0.3, -0.25) is 4.98 Å². The van der Waals surface area contributed by atoms with Gasteiger partial charge in [0, 0.05) is 39.8 Å². The summed E-state index contributed by atoms with van der Waals surface area (Å²) in [6.45, 7) is 4.21. The molecular formula is C41H30N4S2. The minimum Gasteiger partial charge on any atom is -0.311 e. The van der Waals surface area contributed by atoms with E-state index in [1.165, 1.54) is 20.7 Å². The number of aryl methyl sites for hydroxylation is 1. The van der Waals surface area contributed by atoms with Crippen LogP contribution >= 0.6 is 22.7 Å². The highest BCUT2D eigenvalue weighted by Gasteiger charge is 2.16. The number of fused-ring (bicyclic) bond motifs is 3. The molecule has 4 nitrogen and oxygen atoms in total. The van der Waals surface area contributed by atoms with Crippen molar-refractivity contribution in [1.29, 1.82) is 0 Å². The van der Waals surface area contributed by atoms with Crippen LogP contribution in [0.15, 0.2) is 146 Å². The molecule has 3 heterocycles. The van der Waals surface area contributed by atoms with Crippen molar-refractivity contribution in [3.8, 4) is 21.8 Å². The Bertz CT molecular complexity index is 2290. The number of para-hydroxylation sites is 1. The lowest BCUT2D eigenvalue weighted by Gasteiger charge is -2.26. The Morgan fingerprint density at radius 3 is 2.30 bits per heavy atom. The molecule has 226 valence electrons. The molecule has 3 aromatic heterocycles. The Morgan fingerprint density at radius 2 is 1.53 bits per heavy atom. The fourth-order valence-corrected chi connectivity index (χ4v) is 7.78. The lowest BCUT2D eigenvalue weighted by Crippen LogP contribution is -2.15. The molecular weight excluding hydrogens is 613 g/mol. The maximum atomic E-state index is 4.95. The van der Waals surface area contributed by atoms with Crippen LogP contribution in [-0.2, 0) is 6.42 Å². The predicted octanol–water partition coefficient (Wildman–Crippen LogP) is 11.5. The number of anilines is 2. The van der Waals surface area contributed by atoms with E-state index in [-0.39, 0.29) is 0 Å². The van der Waals surface area contributed by atoms with Crippen LogP contribution in [0.4, 0.5) is 11.4 Å². The molecule has 0 saturated carbocycles. The van der Waals surface area contributed by atoms with Crippen LogP contribution in [0, 0.1) is 0 Å². The van der Waals surface area contributed by atoms with Crippen LogP contribution in [0.25, 0.3) is 55.0 Å². The fraction of sp³-hybridized carbons (Fsp3) is 0.0488. The predicted molar refractivity (Wildman–Crippen MR) is 201 cm³/mol. The summed E-state index contributed by atoms with van der Waals surface area (Å²) in [4.78, 5) is 18.0. The molecule has 0 amide bonds. The maximum absolute atomic E-state index is 4.95. The van der Waals surface area contributed by atoms with Crippen LogP contribution in [0.1, 0.15) is 22.0 Å². The van der Waals surface area contributed by atoms with Gasteiger partial charge in [-0.2, -0.15) is 0 Å². The van der Waals surface area contributed by atoms with Crippen molar-refractivity contribution in [2.45, 2.75) is 12.8 Å². The van der Waals surface area contributed by atoms with E-state index in [9.17, 15) is 0 Å². The molecule has 4 aromatic carbocycles. The number of hydrogen-bond acceptors (Lipinski definition) is 6. The molecule has 0 radical (unpaired) electrons. The van der Waals surface area contributed by atoms with E-state index in [2.05, 4.69) is 121 Å². The van der Waals surface area contributed by atoms with Crippen LogP contribution in [-0.4, -0.2) is 15.0 Å². The smallest absolute Gasteiger partial charge is 0.124 e.